The predicted octanol–water partition coefficient (Wildman–Crippen LogP) is 3.90. The largest absolute Gasteiger partial charge is 0.325 e. The van der Waals surface area contributed by atoms with E-state index in [1.54, 1.807) is 0 Å². The summed E-state index contributed by atoms with van der Waals surface area (Å²) in [7, 11) is 0. The minimum Gasteiger partial charge on any atom is -0.325 e. The van der Waals surface area contributed by atoms with E-state index in [1.807, 2.05) is 54.0 Å². The first-order valence-electron chi connectivity index (χ1n) is 9.90. The van der Waals surface area contributed by atoms with Gasteiger partial charge in [0, 0.05) is 17.9 Å². The van der Waals surface area contributed by atoms with Crippen LogP contribution in [0.15, 0.2) is 59.8 Å². The van der Waals surface area contributed by atoms with E-state index in [9.17, 15) is 4.79 Å². The molecule has 0 radical (unpaired) electrons. The average Bonchev–Trinajstić information content (AvgIpc) is 3.38. The Kier molecular flexibility index (Phi) is 6.27. The van der Waals surface area contributed by atoms with E-state index in [-0.39, 0.29) is 11.7 Å². The SMILES string of the molecule is Cc1nnc(SCC(=O)Nc2ccc(CN3CCCC3)cc2)n1-c1ccccc1. The standard InChI is InChI=1S/C22H25N5OS/c1-17-24-25-22(27(17)20-7-3-2-4-8-20)29-16-21(28)23-19-11-9-18(10-12-19)15-26-13-5-6-14-26/h2-4,7-12H,5-6,13-16H2,1H3,(H,23,28). The van der Waals surface area contributed by atoms with Crippen LogP contribution in [-0.2, 0) is 11.3 Å². The molecule has 1 fully saturated rings. The third kappa shape index (κ3) is 5.05. The number of para-hydroxylation sites is 1. The van der Waals surface area contributed by atoms with E-state index in [0.717, 1.165) is 23.7 Å². The van der Waals surface area contributed by atoms with Gasteiger partial charge in [-0.3, -0.25) is 14.3 Å². The lowest BCUT2D eigenvalue weighted by molar-refractivity contribution is -0.113. The van der Waals surface area contributed by atoms with Crippen LogP contribution in [0.25, 0.3) is 5.69 Å². The van der Waals surface area contributed by atoms with Gasteiger partial charge in [-0.2, -0.15) is 0 Å². The lowest BCUT2D eigenvalue weighted by atomic mass is 10.2. The van der Waals surface area contributed by atoms with Gasteiger partial charge in [0.15, 0.2) is 5.16 Å². The van der Waals surface area contributed by atoms with Crippen molar-refractivity contribution < 1.29 is 4.79 Å². The molecule has 0 atom stereocenters. The summed E-state index contributed by atoms with van der Waals surface area (Å²) < 4.78 is 1.96. The quantitative estimate of drug-likeness (QED) is 0.602. The number of hydrogen-bond acceptors (Lipinski definition) is 5. The molecular formula is C22H25N5OS. The molecule has 1 saturated heterocycles. The van der Waals surface area contributed by atoms with Crippen LogP contribution in [0.2, 0.25) is 0 Å². The lowest BCUT2D eigenvalue weighted by Crippen LogP contribution is -2.18. The van der Waals surface area contributed by atoms with Crippen LogP contribution in [0.4, 0.5) is 5.69 Å². The number of amides is 1. The normalized spacial score (nSPS) is 14.2. The molecule has 1 aliphatic heterocycles. The maximum absolute atomic E-state index is 12.4. The molecule has 1 aromatic heterocycles. The monoisotopic (exact) mass is 407 g/mol. The Morgan fingerprint density at radius 3 is 2.48 bits per heavy atom. The van der Waals surface area contributed by atoms with Gasteiger partial charge in [-0.25, -0.2) is 0 Å². The smallest absolute Gasteiger partial charge is 0.234 e. The zero-order valence-electron chi connectivity index (χ0n) is 16.5. The highest BCUT2D eigenvalue weighted by Crippen LogP contribution is 2.22. The molecule has 7 heteroatoms. The summed E-state index contributed by atoms with van der Waals surface area (Å²) in [6.45, 7) is 5.26. The Labute approximate surface area is 175 Å². The zero-order valence-corrected chi connectivity index (χ0v) is 17.4. The molecule has 0 spiro atoms. The molecule has 2 heterocycles. The number of aryl methyl sites for hydroxylation is 1. The van der Waals surface area contributed by atoms with Crippen molar-refractivity contribution in [1.29, 1.82) is 0 Å². The van der Waals surface area contributed by atoms with Crippen molar-refractivity contribution in [3.8, 4) is 5.69 Å². The Hall–Kier alpha value is -2.64. The van der Waals surface area contributed by atoms with Crippen molar-refractivity contribution in [2.24, 2.45) is 0 Å². The Bertz CT molecular complexity index is 949. The first kappa shape index (κ1) is 19.7. The van der Waals surface area contributed by atoms with Gasteiger partial charge in [0.2, 0.25) is 5.91 Å². The third-order valence-electron chi connectivity index (χ3n) is 4.98. The number of hydrogen-bond donors (Lipinski definition) is 1. The number of carbonyl (C=O) groups excluding carboxylic acids is 1. The fourth-order valence-electron chi connectivity index (χ4n) is 3.53. The van der Waals surface area contributed by atoms with E-state index < -0.39 is 0 Å². The highest BCUT2D eigenvalue weighted by atomic mass is 32.2. The minimum atomic E-state index is -0.0532. The van der Waals surface area contributed by atoms with Crippen LogP contribution in [0, 0.1) is 6.92 Å². The predicted molar refractivity (Wildman–Crippen MR) is 116 cm³/mol. The van der Waals surface area contributed by atoms with Gasteiger partial charge in [0.25, 0.3) is 0 Å². The topological polar surface area (TPSA) is 63.1 Å². The van der Waals surface area contributed by atoms with Crippen molar-refractivity contribution in [3.05, 3.63) is 66.0 Å². The van der Waals surface area contributed by atoms with Crippen LogP contribution in [-0.4, -0.2) is 44.4 Å². The summed E-state index contributed by atoms with van der Waals surface area (Å²) in [5.74, 6) is 1.02. The van der Waals surface area contributed by atoms with Gasteiger partial charge in [0.1, 0.15) is 5.82 Å². The number of aromatic nitrogens is 3. The van der Waals surface area contributed by atoms with Crippen molar-refractivity contribution in [1.82, 2.24) is 19.7 Å². The lowest BCUT2D eigenvalue weighted by Gasteiger charge is -2.14. The number of benzene rings is 2. The van der Waals surface area contributed by atoms with Crippen LogP contribution in [0.3, 0.4) is 0 Å². The molecule has 1 amide bonds. The Morgan fingerprint density at radius 1 is 1.03 bits per heavy atom. The van der Waals surface area contributed by atoms with Crippen LogP contribution in [0.5, 0.6) is 0 Å². The van der Waals surface area contributed by atoms with Gasteiger partial charge in [-0.15, -0.1) is 10.2 Å². The summed E-state index contributed by atoms with van der Waals surface area (Å²) in [6.07, 6.45) is 2.59. The fraction of sp³-hybridized carbons (Fsp3) is 0.318. The second kappa shape index (κ2) is 9.24. The highest BCUT2D eigenvalue weighted by molar-refractivity contribution is 7.99. The van der Waals surface area contributed by atoms with Gasteiger partial charge in [-0.05, 0) is 62.7 Å². The first-order chi connectivity index (χ1) is 14.2. The first-order valence-corrected chi connectivity index (χ1v) is 10.9. The van der Waals surface area contributed by atoms with E-state index in [0.29, 0.717) is 5.16 Å². The minimum absolute atomic E-state index is 0.0532. The number of anilines is 1. The molecule has 3 aromatic rings. The number of nitrogens with zero attached hydrogens (tertiary/aromatic N) is 4. The number of carbonyl (C=O) groups is 1. The molecule has 0 aliphatic carbocycles. The highest BCUT2D eigenvalue weighted by Gasteiger charge is 2.14. The summed E-state index contributed by atoms with van der Waals surface area (Å²) in [5.41, 5.74) is 3.10. The van der Waals surface area contributed by atoms with Crippen LogP contribution < -0.4 is 5.32 Å². The van der Waals surface area contributed by atoms with E-state index in [2.05, 4.69) is 32.5 Å². The Balaban J connectivity index is 1.33. The van der Waals surface area contributed by atoms with Gasteiger partial charge < -0.3 is 5.32 Å². The third-order valence-corrected chi connectivity index (χ3v) is 5.91. The average molecular weight is 408 g/mol. The summed E-state index contributed by atoms with van der Waals surface area (Å²) in [6, 6.07) is 18.1. The molecule has 0 bridgehead atoms. The number of rotatable bonds is 7. The van der Waals surface area contributed by atoms with Crippen molar-refractivity contribution >= 4 is 23.4 Å². The van der Waals surface area contributed by atoms with Gasteiger partial charge in [0.05, 0.1) is 5.75 Å². The molecule has 150 valence electrons. The molecule has 6 nitrogen and oxygen atoms in total. The zero-order chi connectivity index (χ0) is 20.1. The molecule has 4 rings (SSSR count). The maximum atomic E-state index is 12.4. The molecule has 29 heavy (non-hydrogen) atoms. The fourth-order valence-corrected chi connectivity index (χ4v) is 4.33. The van der Waals surface area contributed by atoms with Crippen molar-refractivity contribution in [3.63, 3.8) is 0 Å². The van der Waals surface area contributed by atoms with Crippen molar-refractivity contribution in [2.75, 3.05) is 24.2 Å². The number of likely N-dealkylation sites (tertiary alicyclic amines) is 1. The second-order valence-electron chi connectivity index (χ2n) is 7.22. The van der Waals surface area contributed by atoms with E-state index in [1.165, 1.54) is 43.3 Å². The summed E-state index contributed by atoms with van der Waals surface area (Å²) in [4.78, 5) is 14.9. The van der Waals surface area contributed by atoms with Crippen molar-refractivity contribution in [2.45, 2.75) is 31.5 Å². The van der Waals surface area contributed by atoms with E-state index in [4.69, 9.17) is 0 Å². The van der Waals surface area contributed by atoms with Crippen LogP contribution >= 0.6 is 11.8 Å². The van der Waals surface area contributed by atoms with E-state index >= 15 is 0 Å². The number of nitrogens with one attached hydrogen (secondary N) is 1. The molecule has 1 N–H and O–H groups in total. The summed E-state index contributed by atoms with van der Waals surface area (Å²) >= 11 is 1.39. The Morgan fingerprint density at radius 2 is 1.76 bits per heavy atom. The van der Waals surface area contributed by atoms with Gasteiger partial charge in [-0.1, -0.05) is 42.1 Å². The summed E-state index contributed by atoms with van der Waals surface area (Å²) in [5, 5.41) is 12.1. The number of thioether (sulfide) groups is 1. The molecule has 1 aliphatic rings. The molecular weight excluding hydrogens is 382 g/mol. The van der Waals surface area contributed by atoms with Crippen LogP contribution in [0.1, 0.15) is 24.2 Å². The van der Waals surface area contributed by atoms with Gasteiger partial charge >= 0.3 is 0 Å². The molecule has 2 aromatic carbocycles. The maximum Gasteiger partial charge on any atom is 0.234 e. The molecule has 0 saturated carbocycles. The molecule has 0 unspecified atom stereocenters. The second-order valence-corrected chi connectivity index (χ2v) is 8.16.